The van der Waals surface area contributed by atoms with E-state index in [9.17, 15) is 0 Å². The van der Waals surface area contributed by atoms with Crippen LogP contribution in [0, 0.1) is 0 Å². The normalized spacial score (nSPS) is 23.6. The van der Waals surface area contributed by atoms with Crippen LogP contribution in [-0.4, -0.2) is 36.0 Å². The number of nitrogens with zero attached hydrogens (tertiary/aromatic N) is 1. The summed E-state index contributed by atoms with van der Waals surface area (Å²) in [5.41, 5.74) is 0. The lowest BCUT2D eigenvalue weighted by Gasteiger charge is -2.23. The van der Waals surface area contributed by atoms with Crippen LogP contribution in [0.2, 0.25) is 0 Å². The molecule has 0 spiro atoms. The number of hydrogen-bond acceptors (Lipinski definition) is 2. The van der Waals surface area contributed by atoms with Gasteiger partial charge in [0, 0.05) is 24.6 Å². The predicted molar refractivity (Wildman–Crippen MR) is 39.4 cm³/mol. The van der Waals surface area contributed by atoms with Crippen LogP contribution in [0.1, 0.15) is 6.92 Å². The Labute approximate surface area is 55.4 Å². The Balaban J connectivity index is 2.13. The van der Waals surface area contributed by atoms with Crippen molar-refractivity contribution in [3.63, 3.8) is 0 Å². The topological polar surface area (TPSA) is 3.24 Å². The molecule has 2 heteroatoms. The molecule has 8 heavy (non-hydrogen) atoms. The molecule has 1 nitrogen and oxygen atoms in total. The predicted octanol–water partition coefficient (Wildman–Crippen LogP) is 1.06. The van der Waals surface area contributed by atoms with E-state index >= 15 is 0 Å². The molecule has 1 aliphatic rings. The zero-order valence-electron chi connectivity index (χ0n) is 5.39. The molecule has 0 saturated carbocycles. The average molecular weight is 131 g/mol. The second-order valence-corrected chi connectivity index (χ2v) is 3.27. The molecule has 1 aliphatic heterocycles. The average Bonchev–Trinajstić information content (AvgIpc) is 1.90. The highest BCUT2D eigenvalue weighted by Crippen LogP contribution is 2.07. The van der Waals surface area contributed by atoms with Gasteiger partial charge in [-0.05, 0) is 6.54 Å². The Bertz CT molecular complexity index is 59.5. The fraction of sp³-hybridized carbons (Fsp3) is 1.00. The van der Waals surface area contributed by atoms with Gasteiger partial charge in [-0.2, -0.15) is 11.8 Å². The highest BCUT2D eigenvalue weighted by molar-refractivity contribution is 7.99. The highest BCUT2D eigenvalue weighted by atomic mass is 32.2. The molecule has 0 N–H and O–H groups in total. The van der Waals surface area contributed by atoms with E-state index in [0.717, 1.165) is 0 Å². The Hall–Kier alpha value is 0.310. The molecule has 0 aromatic rings. The van der Waals surface area contributed by atoms with Gasteiger partial charge in [-0.15, -0.1) is 0 Å². The van der Waals surface area contributed by atoms with Crippen LogP contribution in [0.5, 0.6) is 0 Å². The zero-order chi connectivity index (χ0) is 5.82. The SMILES string of the molecule is CCN1CCSCC1. The lowest BCUT2D eigenvalue weighted by atomic mass is 10.5. The minimum atomic E-state index is 1.24. The summed E-state index contributed by atoms with van der Waals surface area (Å²) >= 11 is 2.07. The van der Waals surface area contributed by atoms with Crippen LogP contribution >= 0.6 is 11.8 Å². The maximum atomic E-state index is 2.50. The van der Waals surface area contributed by atoms with E-state index in [1.54, 1.807) is 0 Å². The van der Waals surface area contributed by atoms with Gasteiger partial charge in [0.1, 0.15) is 0 Å². The Kier molecular flexibility index (Phi) is 2.70. The Morgan fingerprint density at radius 3 is 2.38 bits per heavy atom. The van der Waals surface area contributed by atoms with Crippen molar-refractivity contribution in [1.29, 1.82) is 0 Å². The molecular formula is C6H13NS. The fourth-order valence-corrected chi connectivity index (χ4v) is 1.90. The van der Waals surface area contributed by atoms with E-state index in [4.69, 9.17) is 0 Å². The van der Waals surface area contributed by atoms with E-state index in [0.29, 0.717) is 0 Å². The fourth-order valence-electron chi connectivity index (χ4n) is 0.917. The van der Waals surface area contributed by atoms with E-state index in [1.165, 1.54) is 31.1 Å². The second kappa shape index (κ2) is 3.36. The van der Waals surface area contributed by atoms with Crippen molar-refractivity contribution < 1.29 is 0 Å². The second-order valence-electron chi connectivity index (χ2n) is 2.05. The monoisotopic (exact) mass is 131 g/mol. The van der Waals surface area contributed by atoms with Crippen LogP contribution in [0.15, 0.2) is 0 Å². The van der Waals surface area contributed by atoms with Gasteiger partial charge in [0.05, 0.1) is 0 Å². The van der Waals surface area contributed by atoms with Crippen molar-refractivity contribution in [2.75, 3.05) is 31.1 Å². The van der Waals surface area contributed by atoms with Crippen molar-refractivity contribution in [1.82, 2.24) is 4.90 Å². The van der Waals surface area contributed by atoms with Crippen LogP contribution in [0.25, 0.3) is 0 Å². The maximum absolute atomic E-state index is 2.50. The summed E-state index contributed by atoms with van der Waals surface area (Å²) in [5, 5.41) is 0. The van der Waals surface area contributed by atoms with Gasteiger partial charge in [-0.3, -0.25) is 0 Å². The van der Waals surface area contributed by atoms with E-state index < -0.39 is 0 Å². The molecule has 0 aliphatic carbocycles. The zero-order valence-corrected chi connectivity index (χ0v) is 6.21. The van der Waals surface area contributed by atoms with Crippen LogP contribution < -0.4 is 0 Å². The molecular weight excluding hydrogens is 118 g/mol. The highest BCUT2D eigenvalue weighted by Gasteiger charge is 2.05. The molecule has 0 amide bonds. The third-order valence-corrected chi connectivity index (χ3v) is 2.49. The summed E-state index contributed by atoms with van der Waals surface area (Å²) in [6.07, 6.45) is 0. The minimum Gasteiger partial charge on any atom is -0.302 e. The summed E-state index contributed by atoms with van der Waals surface area (Å²) in [6, 6.07) is 0. The largest absolute Gasteiger partial charge is 0.302 e. The standard InChI is InChI=1S/C6H13NS/c1-2-7-3-5-8-6-4-7/h2-6H2,1H3. The molecule has 0 aromatic carbocycles. The molecule has 0 unspecified atom stereocenters. The Morgan fingerprint density at radius 1 is 1.38 bits per heavy atom. The summed E-state index contributed by atoms with van der Waals surface area (Å²) in [7, 11) is 0. The van der Waals surface area contributed by atoms with Gasteiger partial charge in [0.15, 0.2) is 0 Å². The molecule has 0 bridgehead atoms. The maximum Gasteiger partial charge on any atom is 0.00726 e. The van der Waals surface area contributed by atoms with Gasteiger partial charge in [-0.25, -0.2) is 0 Å². The van der Waals surface area contributed by atoms with Crippen molar-refractivity contribution in [2.24, 2.45) is 0 Å². The first-order valence-corrected chi connectivity index (χ1v) is 4.39. The van der Waals surface area contributed by atoms with Crippen molar-refractivity contribution in [2.45, 2.75) is 6.92 Å². The first-order valence-electron chi connectivity index (χ1n) is 3.23. The molecule has 1 rings (SSSR count). The summed E-state index contributed by atoms with van der Waals surface area (Å²) in [6.45, 7) is 6.08. The third kappa shape index (κ3) is 1.67. The molecule has 0 atom stereocenters. The Morgan fingerprint density at radius 2 is 2.00 bits per heavy atom. The van der Waals surface area contributed by atoms with E-state index in [-0.39, 0.29) is 0 Å². The molecule has 1 saturated heterocycles. The molecule has 1 heterocycles. The van der Waals surface area contributed by atoms with E-state index in [1.807, 2.05) is 0 Å². The summed E-state index contributed by atoms with van der Waals surface area (Å²) < 4.78 is 0. The van der Waals surface area contributed by atoms with Crippen molar-refractivity contribution in [3.8, 4) is 0 Å². The smallest absolute Gasteiger partial charge is 0.00726 e. The van der Waals surface area contributed by atoms with Gasteiger partial charge in [-0.1, -0.05) is 6.92 Å². The number of rotatable bonds is 1. The van der Waals surface area contributed by atoms with Gasteiger partial charge in [0.25, 0.3) is 0 Å². The van der Waals surface area contributed by atoms with Gasteiger partial charge >= 0.3 is 0 Å². The van der Waals surface area contributed by atoms with Gasteiger partial charge in [0.2, 0.25) is 0 Å². The quantitative estimate of drug-likeness (QED) is 0.523. The lowest BCUT2D eigenvalue weighted by molar-refractivity contribution is 0.320. The van der Waals surface area contributed by atoms with Crippen LogP contribution in [0.3, 0.4) is 0 Å². The summed E-state index contributed by atoms with van der Waals surface area (Å²) in [4.78, 5) is 2.50. The molecule has 1 fully saturated rings. The van der Waals surface area contributed by atoms with Crippen LogP contribution in [0.4, 0.5) is 0 Å². The first kappa shape index (κ1) is 6.43. The molecule has 0 aromatic heterocycles. The van der Waals surface area contributed by atoms with E-state index in [2.05, 4.69) is 23.6 Å². The minimum absolute atomic E-state index is 1.24. The number of hydrogen-bond donors (Lipinski definition) is 0. The van der Waals surface area contributed by atoms with Crippen molar-refractivity contribution >= 4 is 11.8 Å². The molecule has 48 valence electrons. The summed E-state index contributed by atoms with van der Waals surface area (Å²) in [5.74, 6) is 2.68. The number of thioether (sulfide) groups is 1. The lowest BCUT2D eigenvalue weighted by Crippen LogP contribution is -2.31. The molecule has 0 radical (unpaired) electrons. The van der Waals surface area contributed by atoms with Crippen LogP contribution in [-0.2, 0) is 0 Å². The first-order chi connectivity index (χ1) is 3.93. The van der Waals surface area contributed by atoms with Crippen molar-refractivity contribution in [3.05, 3.63) is 0 Å². The van der Waals surface area contributed by atoms with Gasteiger partial charge < -0.3 is 4.90 Å². The third-order valence-electron chi connectivity index (χ3n) is 1.55.